The van der Waals surface area contributed by atoms with Crippen LogP contribution in [0.5, 0.6) is 0 Å². The van der Waals surface area contributed by atoms with E-state index in [0.717, 1.165) is 43.1 Å². The predicted molar refractivity (Wildman–Crippen MR) is 99.6 cm³/mol. The number of amides is 1. The maximum absolute atomic E-state index is 13.2. The third-order valence-electron chi connectivity index (χ3n) is 4.16. The second kappa shape index (κ2) is 8.05. The number of halogens is 3. The minimum absolute atomic E-state index is 0.0551. The van der Waals surface area contributed by atoms with Gasteiger partial charge in [-0.25, -0.2) is 9.07 Å². The lowest BCUT2D eigenvalue weighted by Gasteiger charge is -2.29. The van der Waals surface area contributed by atoms with E-state index in [4.69, 9.17) is 23.2 Å². The van der Waals surface area contributed by atoms with Crippen molar-refractivity contribution in [1.82, 2.24) is 9.78 Å². The minimum atomic E-state index is -0.581. The molecule has 26 heavy (non-hydrogen) atoms. The van der Waals surface area contributed by atoms with Crippen molar-refractivity contribution in [2.45, 2.75) is 25.8 Å². The van der Waals surface area contributed by atoms with E-state index in [1.54, 1.807) is 0 Å². The fraction of sp³-hybridized carbons (Fsp3) is 0.353. The van der Waals surface area contributed by atoms with Crippen LogP contribution in [0.4, 0.5) is 15.8 Å². The Labute approximate surface area is 159 Å². The smallest absolute Gasteiger partial charge is 0.288 e. The van der Waals surface area contributed by atoms with Crippen molar-refractivity contribution >= 4 is 40.5 Å². The van der Waals surface area contributed by atoms with Gasteiger partial charge in [0.25, 0.3) is 5.56 Å². The molecular weight excluding hydrogens is 382 g/mol. The maximum atomic E-state index is 13.2. The molecule has 1 fully saturated rings. The number of hydrogen-bond donors (Lipinski definition) is 1. The molecule has 0 spiro atoms. The summed E-state index contributed by atoms with van der Waals surface area (Å²) in [5, 5.41) is 6.55. The van der Waals surface area contributed by atoms with Gasteiger partial charge >= 0.3 is 0 Å². The van der Waals surface area contributed by atoms with E-state index < -0.39 is 17.3 Å². The zero-order chi connectivity index (χ0) is 18.7. The first-order chi connectivity index (χ1) is 12.5. The van der Waals surface area contributed by atoms with Crippen LogP contribution < -0.4 is 15.8 Å². The van der Waals surface area contributed by atoms with Crippen molar-refractivity contribution in [3.05, 3.63) is 50.6 Å². The molecule has 6 nitrogen and oxygen atoms in total. The van der Waals surface area contributed by atoms with Gasteiger partial charge in [-0.2, -0.15) is 5.10 Å². The van der Waals surface area contributed by atoms with E-state index in [-0.39, 0.29) is 16.6 Å². The number of anilines is 2. The molecule has 138 valence electrons. The molecule has 0 atom stereocenters. The molecule has 3 rings (SSSR count). The van der Waals surface area contributed by atoms with Crippen molar-refractivity contribution in [3.63, 3.8) is 0 Å². The highest BCUT2D eigenvalue weighted by Crippen LogP contribution is 2.24. The van der Waals surface area contributed by atoms with Gasteiger partial charge in [-0.3, -0.25) is 9.59 Å². The Morgan fingerprint density at radius 3 is 2.65 bits per heavy atom. The monoisotopic (exact) mass is 398 g/mol. The van der Waals surface area contributed by atoms with Crippen LogP contribution in [0.25, 0.3) is 0 Å². The first-order valence-corrected chi connectivity index (χ1v) is 8.97. The van der Waals surface area contributed by atoms with Gasteiger partial charge in [0.1, 0.15) is 17.4 Å². The summed E-state index contributed by atoms with van der Waals surface area (Å²) < 4.78 is 14.1. The topological polar surface area (TPSA) is 67.2 Å². The molecule has 1 saturated heterocycles. The highest BCUT2D eigenvalue weighted by molar-refractivity contribution is 6.33. The van der Waals surface area contributed by atoms with Crippen LogP contribution in [0.2, 0.25) is 10.0 Å². The fourth-order valence-corrected chi connectivity index (χ4v) is 3.28. The van der Waals surface area contributed by atoms with Gasteiger partial charge in [-0.05, 0) is 37.5 Å². The third-order valence-corrected chi connectivity index (χ3v) is 4.80. The van der Waals surface area contributed by atoms with Gasteiger partial charge in [0.2, 0.25) is 5.91 Å². The molecule has 0 saturated carbocycles. The normalized spacial score (nSPS) is 14.3. The predicted octanol–water partition coefficient (Wildman–Crippen LogP) is 3.32. The Kier molecular flexibility index (Phi) is 5.78. The maximum Gasteiger partial charge on any atom is 0.288 e. The summed E-state index contributed by atoms with van der Waals surface area (Å²) in [6, 6.07) is 3.81. The fourth-order valence-electron chi connectivity index (χ4n) is 2.83. The lowest BCUT2D eigenvalue weighted by molar-refractivity contribution is -0.117. The van der Waals surface area contributed by atoms with Crippen LogP contribution in [0.3, 0.4) is 0 Å². The van der Waals surface area contributed by atoms with Crippen LogP contribution in [-0.2, 0) is 11.3 Å². The van der Waals surface area contributed by atoms with E-state index in [9.17, 15) is 14.0 Å². The second-order valence-corrected chi connectivity index (χ2v) is 6.82. The Balaban J connectivity index is 1.73. The Morgan fingerprint density at radius 1 is 1.23 bits per heavy atom. The number of nitrogens with zero attached hydrogens (tertiary/aromatic N) is 3. The lowest BCUT2D eigenvalue weighted by atomic mass is 10.1. The van der Waals surface area contributed by atoms with Crippen molar-refractivity contribution in [1.29, 1.82) is 0 Å². The number of hydrogen-bond acceptors (Lipinski definition) is 4. The summed E-state index contributed by atoms with van der Waals surface area (Å²) in [5.41, 5.74) is 0.394. The zero-order valence-corrected chi connectivity index (χ0v) is 15.4. The highest BCUT2D eigenvalue weighted by Gasteiger charge is 2.18. The Morgan fingerprint density at radius 2 is 1.96 bits per heavy atom. The van der Waals surface area contributed by atoms with E-state index >= 15 is 0 Å². The molecular formula is C17H17Cl2FN4O2. The summed E-state index contributed by atoms with van der Waals surface area (Å²) in [6.45, 7) is 1.35. The van der Waals surface area contributed by atoms with Crippen LogP contribution in [0, 0.1) is 5.82 Å². The quantitative estimate of drug-likeness (QED) is 0.857. The van der Waals surface area contributed by atoms with Crippen molar-refractivity contribution in [2.75, 3.05) is 23.3 Å². The van der Waals surface area contributed by atoms with Crippen molar-refractivity contribution < 1.29 is 9.18 Å². The summed E-state index contributed by atoms with van der Waals surface area (Å²) in [7, 11) is 0. The van der Waals surface area contributed by atoms with E-state index in [0.29, 0.717) is 11.4 Å². The van der Waals surface area contributed by atoms with Crippen LogP contribution in [0.15, 0.2) is 29.2 Å². The van der Waals surface area contributed by atoms with Gasteiger partial charge in [0.05, 0.1) is 16.9 Å². The first-order valence-electron chi connectivity index (χ1n) is 8.21. The van der Waals surface area contributed by atoms with E-state index in [1.807, 2.05) is 4.90 Å². The van der Waals surface area contributed by atoms with E-state index in [1.165, 1.54) is 18.3 Å². The largest absolute Gasteiger partial charge is 0.369 e. The van der Waals surface area contributed by atoms with Gasteiger partial charge < -0.3 is 10.2 Å². The number of rotatable bonds is 4. The number of carbonyl (C=O) groups excluding carboxylic acids is 1. The molecule has 1 aliphatic rings. The molecule has 1 aromatic carbocycles. The van der Waals surface area contributed by atoms with Crippen molar-refractivity contribution in [2.24, 2.45) is 0 Å². The minimum Gasteiger partial charge on any atom is -0.369 e. The van der Waals surface area contributed by atoms with E-state index in [2.05, 4.69) is 10.4 Å². The second-order valence-electron chi connectivity index (χ2n) is 6.03. The van der Waals surface area contributed by atoms with Crippen molar-refractivity contribution in [3.8, 4) is 0 Å². The molecule has 1 N–H and O–H groups in total. The average Bonchev–Trinajstić information content (AvgIpc) is 2.63. The van der Waals surface area contributed by atoms with Gasteiger partial charge in [-0.1, -0.05) is 23.2 Å². The molecule has 2 aromatic rings. The molecule has 0 aliphatic carbocycles. The van der Waals surface area contributed by atoms with Crippen LogP contribution >= 0.6 is 23.2 Å². The van der Waals surface area contributed by atoms with Gasteiger partial charge in [0.15, 0.2) is 0 Å². The first kappa shape index (κ1) is 18.7. The molecule has 1 aromatic heterocycles. The Bertz CT molecular complexity index is 882. The molecule has 0 unspecified atom stereocenters. The SMILES string of the molecule is O=C(Cn1ncc(N2CCCCC2)c(Cl)c1=O)Nc1ccc(F)c(Cl)c1. The number of nitrogens with one attached hydrogen (secondary N) is 1. The van der Waals surface area contributed by atoms with Crippen LogP contribution in [0.1, 0.15) is 19.3 Å². The summed E-state index contributed by atoms with van der Waals surface area (Å²) in [5.74, 6) is -1.08. The molecule has 1 aliphatic heterocycles. The molecule has 9 heteroatoms. The highest BCUT2D eigenvalue weighted by atomic mass is 35.5. The zero-order valence-electron chi connectivity index (χ0n) is 13.8. The summed E-state index contributed by atoms with van der Waals surface area (Å²) >= 11 is 11.9. The van der Waals surface area contributed by atoms with Crippen LogP contribution in [-0.4, -0.2) is 28.8 Å². The molecule has 0 bridgehead atoms. The van der Waals surface area contributed by atoms with Gasteiger partial charge in [-0.15, -0.1) is 0 Å². The molecule has 2 heterocycles. The number of carbonyl (C=O) groups is 1. The molecule has 1 amide bonds. The lowest BCUT2D eigenvalue weighted by Crippen LogP contribution is -2.34. The molecule has 0 radical (unpaired) electrons. The number of aromatic nitrogens is 2. The summed E-state index contributed by atoms with van der Waals surface area (Å²) in [4.78, 5) is 26.6. The Hall–Kier alpha value is -2.12. The summed E-state index contributed by atoms with van der Waals surface area (Å²) in [6.07, 6.45) is 4.76. The standard InChI is InChI=1S/C17H17Cl2FN4O2/c18-12-8-11(4-5-13(12)20)22-15(25)10-24-17(26)16(19)14(9-21-24)23-6-2-1-3-7-23/h4-5,8-9H,1-3,6-7,10H2,(H,22,25). The average molecular weight is 399 g/mol. The number of piperidine rings is 1. The number of benzene rings is 1. The third kappa shape index (κ3) is 4.16. The van der Waals surface area contributed by atoms with Gasteiger partial charge in [0, 0.05) is 18.8 Å².